The van der Waals surface area contributed by atoms with Crippen molar-refractivity contribution in [2.75, 3.05) is 7.11 Å². The third-order valence-electron chi connectivity index (χ3n) is 3.50. The Labute approximate surface area is 105 Å². The van der Waals surface area contributed by atoms with E-state index < -0.39 is 0 Å². The topological polar surface area (TPSA) is 38.3 Å². The van der Waals surface area contributed by atoms with Crippen molar-refractivity contribution >= 4 is 5.97 Å². The number of hydrogen-bond donors (Lipinski definition) is 1. The quantitative estimate of drug-likeness (QED) is 0.498. The van der Waals surface area contributed by atoms with E-state index in [0.717, 1.165) is 19.3 Å². The van der Waals surface area contributed by atoms with E-state index in [0.29, 0.717) is 12.0 Å². The van der Waals surface area contributed by atoms with Crippen LogP contribution in [0, 0.1) is 5.92 Å². The number of hydrogen-bond acceptors (Lipinski definition) is 3. The molecule has 1 aliphatic rings. The summed E-state index contributed by atoms with van der Waals surface area (Å²) >= 11 is 0. The minimum atomic E-state index is -0.0899. The van der Waals surface area contributed by atoms with Crippen LogP contribution in [0.1, 0.15) is 58.8 Å². The van der Waals surface area contributed by atoms with E-state index in [9.17, 15) is 4.79 Å². The van der Waals surface area contributed by atoms with Crippen molar-refractivity contribution in [1.82, 2.24) is 5.32 Å². The predicted octanol–water partition coefficient (Wildman–Crippen LogP) is 2.89. The third kappa shape index (κ3) is 5.53. The molecule has 0 radical (unpaired) electrons. The molecule has 1 N–H and O–H groups in total. The third-order valence-corrected chi connectivity index (χ3v) is 3.50. The van der Waals surface area contributed by atoms with Gasteiger partial charge in [-0.25, -0.2) is 0 Å². The molecule has 0 aromatic rings. The molecule has 1 aliphatic carbocycles. The number of esters is 1. The fourth-order valence-electron chi connectivity index (χ4n) is 2.22. The van der Waals surface area contributed by atoms with Crippen molar-refractivity contribution in [2.24, 2.45) is 5.92 Å². The number of nitrogens with one attached hydrogen (secondary N) is 1. The highest BCUT2D eigenvalue weighted by molar-refractivity contribution is 5.76. The number of ether oxygens (including phenoxy) is 1. The van der Waals surface area contributed by atoms with Gasteiger partial charge in [0, 0.05) is 6.04 Å². The molecule has 0 amide bonds. The normalized spacial score (nSPS) is 18.8. The molecule has 3 nitrogen and oxygen atoms in total. The van der Waals surface area contributed by atoms with Gasteiger partial charge in [-0.3, -0.25) is 4.79 Å². The van der Waals surface area contributed by atoms with E-state index >= 15 is 0 Å². The zero-order valence-corrected chi connectivity index (χ0v) is 11.5. The maximum atomic E-state index is 11.6. The van der Waals surface area contributed by atoms with Crippen LogP contribution in [-0.2, 0) is 9.53 Å². The average molecular weight is 241 g/mol. The highest BCUT2D eigenvalue weighted by Gasteiger charge is 2.37. The van der Waals surface area contributed by atoms with Gasteiger partial charge in [-0.05, 0) is 32.1 Å². The zero-order valence-electron chi connectivity index (χ0n) is 11.5. The molecule has 1 rings (SSSR count). The molecule has 1 fully saturated rings. The van der Waals surface area contributed by atoms with E-state index in [1.54, 1.807) is 0 Å². The van der Waals surface area contributed by atoms with Crippen LogP contribution in [0.15, 0.2) is 0 Å². The second-order valence-corrected chi connectivity index (χ2v) is 5.26. The van der Waals surface area contributed by atoms with Gasteiger partial charge < -0.3 is 10.1 Å². The van der Waals surface area contributed by atoms with Gasteiger partial charge in [-0.1, -0.05) is 32.6 Å². The van der Waals surface area contributed by atoms with Crippen LogP contribution < -0.4 is 5.32 Å². The number of carbonyl (C=O) groups excluding carboxylic acids is 1. The second kappa shape index (κ2) is 7.70. The van der Waals surface area contributed by atoms with Gasteiger partial charge in [0.15, 0.2) is 0 Å². The molecular weight excluding hydrogens is 214 g/mol. The van der Waals surface area contributed by atoms with Crippen LogP contribution in [0.2, 0.25) is 0 Å². The molecule has 100 valence electrons. The van der Waals surface area contributed by atoms with Crippen molar-refractivity contribution in [3.8, 4) is 0 Å². The molecule has 3 heteroatoms. The van der Waals surface area contributed by atoms with Crippen molar-refractivity contribution in [3.05, 3.63) is 0 Å². The summed E-state index contributed by atoms with van der Waals surface area (Å²) in [6.07, 6.45) is 8.62. The molecule has 0 spiro atoms. The van der Waals surface area contributed by atoms with E-state index in [1.165, 1.54) is 32.8 Å². The molecule has 0 aromatic heterocycles. The SMILES string of the molecule is CCCCCCC(C)NC(C(=O)OC)C1CC1. The molecule has 2 unspecified atom stereocenters. The highest BCUT2D eigenvalue weighted by atomic mass is 16.5. The molecule has 0 saturated heterocycles. The van der Waals surface area contributed by atoms with Crippen molar-refractivity contribution < 1.29 is 9.53 Å². The lowest BCUT2D eigenvalue weighted by molar-refractivity contribution is -0.144. The lowest BCUT2D eigenvalue weighted by atomic mass is 10.1. The van der Waals surface area contributed by atoms with E-state index in [4.69, 9.17) is 4.74 Å². The Morgan fingerprint density at radius 1 is 1.35 bits per heavy atom. The Bertz CT molecular complexity index is 226. The number of unbranched alkanes of at least 4 members (excludes halogenated alkanes) is 3. The summed E-state index contributed by atoms with van der Waals surface area (Å²) in [6, 6.07) is 0.345. The molecule has 17 heavy (non-hydrogen) atoms. The van der Waals surface area contributed by atoms with E-state index in [1.807, 2.05) is 0 Å². The predicted molar refractivity (Wildman–Crippen MR) is 69.9 cm³/mol. The summed E-state index contributed by atoms with van der Waals surface area (Å²) in [7, 11) is 1.48. The fourth-order valence-corrected chi connectivity index (χ4v) is 2.22. The lowest BCUT2D eigenvalue weighted by Gasteiger charge is -2.21. The molecule has 1 saturated carbocycles. The minimum Gasteiger partial charge on any atom is -0.468 e. The summed E-state index contributed by atoms with van der Waals surface area (Å²) in [5.41, 5.74) is 0. The van der Waals surface area contributed by atoms with Gasteiger partial charge in [0.25, 0.3) is 0 Å². The van der Waals surface area contributed by atoms with Gasteiger partial charge in [0.05, 0.1) is 7.11 Å². The Kier molecular flexibility index (Phi) is 6.56. The van der Waals surface area contributed by atoms with E-state index in [2.05, 4.69) is 19.2 Å². The van der Waals surface area contributed by atoms with Gasteiger partial charge >= 0.3 is 5.97 Å². The molecule has 2 atom stereocenters. The van der Waals surface area contributed by atoms with Gasteiger partial charge in [0.1, 0.15) is 6.04 Å². The van der Waals surface area contributed by atoms with Crippen LogP contribution in [-0.4, -0.2) is 25.2 Å². The standard InChI is InChI=1S/C14H27NO2/c1-4-5-6-7-8-11(2)15-13(12-9-10-12)14(16)17-3/h11-13,15H,4-10H2,1-3H3. The van der Waals surface area contributed by atoms with Gasteiger partial charge in [-0.2, -0.15) is 0 Å². The minimum absolute atomic E-state index is 0.0684. The first kappa shape index (κ1) is 14.5. The van der Waals surface area contributed by atoms with Gasteiger partial charge in [0.2, 0.25) is 0 Å². The Balaban J connectivity index is 2.21. The maximum absolute atomic E-state index is 11.6. The van der Waals surface area contributed by atoms with Crippen LogP contribution in [0.5, 0.6) is 0 Å². The van der Waals surface area contributed by atoms with Crippen LogP contribution in [0.4, 0.5) is 0 Å². The van der Waals surface area contributed by atoms with Crippen molar-refractivity contribution in [2.45, 2.75) is 70.9 Å². The monoisotopic (exact) mass is 241 g/mol. The lowest BCUT2D eigenvalue weighted by Crippen LogP contribution is -2.44. The molecule has 0 bridgehead atoms. The van der Waals surface area contributed by atoms with Gasteiger partial charge in [-0.15, -0.1) is 0 Å². The number of methoxy groups -OCH3 is 1. The summed E-state index contributed by atoms with van der Waals surface area (Å²) in [6.45, 7) is 4.40. The van der Waals surface area contributed by atoms with Crippen molar-refractivity contribution in [3.63, 3.8) is 0 Å². The first-order valence-corrected chi connectivity index (χ1v) is 7.03. The summed E-state index contributed by atoms with van der Waals surface area (Å²) in [5.74, 6) is 0.424. The van der Waals surface area contributed by atoms with E-state index in [-0.39, 0.29) is 12.0 Å². The Hall–Kier alpha value is -0.570. The molecule has 0 heterocycles. The first-order chi connectivity index (χ1) is 8.19. The Morgan fingerprint density at radius 3 is 2.59 bits per heavy atom. The summed E-state index contributed by atoms with van der Waals surface area (Å²) in [5, 5.41) is 3.43. The molecular formula is C14H27NO2. The smallest absolute Gasteiger partial charge is 0.323 e. The molecule has 0 aliphatic heterocycles. The second-order valence-electron chi connectivity index (χ2n) is 5.26. The van der Waals surface area contributed by atoms with Crippen LogP contribution in [0.3, 0.4) is 0 Å². The summed E-state index contributed by atoms with van der Waals surface area (Å²) < 4.78 is 4.86. The largest absolute Gasteiger partial charge is 0.468 e. The highest BCUT2D eigenvalue weighted by Crippen LogP contribution is 2.33. The maximum Gasteiger partial charge on any atom is 0.323 e. The van der Waals surface area contributed by atoms with Crippen LogP contribution in [0.25, 0.3) is 0 Å². The Morgan fingerprint density at radius 2 is 2.06 bits per heavy atom. The van der Waals surface area contributed by atoms with Crippen molar-refractivity contribution in [1.29, 1.82) is 0 Å². The zero-order chi connectivity index (χ0) is 12.7. The van der Waals surface area contributed by atoms with Crippen LogP contribution >= 0.6 is 0 Å². The number of carbonyl (C=O) groups is 1. The summed E-state index contributed by atoms with van der Waals surface area (Å²) in [4.78, 5) is 11.6. The average Bonchev–Trinajstić information content (AvgIpc) is 3.15. The first-order valence-electron chi connectivity index (χ1n) is 7.03. The fraction of sp³-hybridized carbons (Fsp3) is 0.929. The molecule has 0 aromatic carbocycles. The number of rotatable bonds is 9.